The maximum absolute atomic E-state index is 13.3. The van der Waals surface area contributed by atoms with Crippen LogP contribution in [0.3, 0.4) is 0 Å². The summed E-state index contributed by atoms with van der Waals surface area (Å²) in [7, 11) is 0. The van der Waals surface area contributed by atoms with Crippen molar-refractivity contribution in [3.8, 4) is 0 Å². The quantitative estimate of drug-likeness (QED) is 0.130. The molecule has 0 aromatic heterocycles. The van der Waals surface area contributed by atoms with Crippen LogP contribution in [-0.2, 0) is 9.59 Å². The largest absolute Gasteiger partial charge is 0.478 e. The lowest BCUT2D eigenvalue weighted by Crippen LogP contribution is -2.30. The lowest BCUT2D eigenvalue weighted by atomic mass is 10.1. The standard InChI is InChI=1S/C31H24ClN3O5S/c32-23-13-9-20(10-14-23)17-27(35-29(37)21-5-2-1-3-6-21)30(38)34-25-7-4-8-26(18-25)41-19-28(36)33-24-15-11-22(12-16-24)31(39)40/h1-18H,19H2,(H,33,36)(H,34,38)(H,35,37)(H,39,40)/b27-17-. The summed E-state index contributed by atoms with van der Waals surface area (Å²) in [6.45, 7) is 0. The van der Waals surface area contributed by atoms with Gasteiger partial charge in [-0.05, 0) is 78.4 Å². The first-order valence-electron chi connectivity index (χ1n) is 12.3. The van der Waals surface area contributed by atoms with Gasteiger partial charge in [-0.15, -0.1) is 11.8 Å². The fourth-order valence-electron chi connectivity index (χ4n) is 3.57. The number of aromatic carboxylic acids is 1. The molecule has 4 aromatic rings. The Morgan fingerprint density at radius 3 is 2.15 bits per heavy atom. The summed E-state index contributed by atoms with van der Waals surface area (Å²) in [4.78, 5) is 50.2. The minimum atomic E-state index is -1.04. The Labute approximate surface area is 245 Å². The van der Waals surface area contributed by atoms with Gasteiger partial charge < -0.3 is 21.1 Å². The number of hydrogen-bond acceptors (Lipinski definition) is 5. The van der Waals surface area contributed by atoms with E-state index in [-0.39, 0.29) is 22.9 Å². The number of halogens is 1. The molecule has 0 aliphatic carbocycles. The van der Waals surface area contributed by atoms with Crippen molar-refractivity contribution in [1.82, 2.24) is 5.32 Å². The average Bonchev–Trinajstić information content (AvgIpc) is 2.97. The van der Waals surface area contributed by atoms with Crippen molar-refractivity contribution >= 4 is 64.5 Å². The second-order valence-corrected chi connectivity index (χ2v) is 10.1. The van der Waals surface area contributed by atoms with E-state index in [1.54, 1.807) is 84.9 Å². The number of carboxylic acids is 1. The molecule has 0 bridgehead atoms. The second kappa shape index (κ2) is 14.0. The third-order valence-electron chi connectivity index (χ3n) is 5.59. The predicted molar refractivity (Wildman–Crippen MR) is 161 cm³/mol. The van der Waals surface area contributed by atoms with Gasteiger partial charge >= 0.3 is 5.97 Å². The van der Waals surface area contributed by atoms with Crippen molar-refractivity contribution < 1.29 is 24.3 Å². The van der Waals surface area contributed by atoms with Crippen LogP contribution >= 0.6 is 23.4 Å². The van der Waals surface area contributed by atoms with Crippen molar-refractivity contribution in [2.24, 2.45) is 0 Å². The van der Waals surface area contributed by atoms with Crippen molar-refractivity contribution in [2.75, 3.05) is 16.4 Å². The van der Waals surface area contributed by atoms with E-state index in [9.17, 15) is 19.2 Å². The molecule has 0 saturated carbocycles. The summed E-state index contributed by atoms with van der Waals surface area (Å²) in [6, 6.07) is 28.2. The van der Waals surface area contributed by atoms with E-state index in [4.69, 9.17) is 16.7 Å². The van der Waals surface area contributed by atoms with Crippen molar-refractivity contribution in [1.29, 1.82) is 0 Å². The Morgan fingerprint density at radius 1 is 0.756 bits per heavy atom. The Morgan fingerprint density at radius 2 is 1.46 bits per heavy atom. The first-order valence-corrected chi connectivity index (χ1v) is 13.6. The van der Waals surface area contributed by atoms with E-state index in [2.05, 4.69) is 16.0 Å². The highest BCUT2D eigenvalue weighted by atomic mass is 35.5. The van der Waals surface area contributed by atoms with E-state index in [1.165, 1.54) is 36.0 Å². The number of carbonyl (C=O) groups is 4. The summed E-state index contributed by atoms with van der Waals surface area (Å²) in [6.07, 6.45) is 1.55. The molecule has 4 N–H and O–H groups in total. The van der Waals surface area contributed by atoms with E-state index >= 15 is 0 Å². The molecule has 4 rings (SSSR count). The molecule has 8 nitrogen and oxygen atoms in total. The van der Waals surface area contributed by atoms with E-state index in [1.807, 2.05) is 0 Å². The van der Waals surface area contributed by atoms with Crippen molar-refractivity contribution in [3.63, 3.8) is 0 Å². The number of rotatable bonds is 10. The Hall–Kier alpha value is -4.86. The van der Waals surface area contributed by atoms with Crippen molar-refractivity contribution in [3.05, 3.63) is 131 Å². The van der Waals surface area contributed by atoms with Crippen LogP contribution in [0.15, 0.2) is 114 Å². The zero-order valence-corrected chi connectivity index (χ0v) is 23.0. The van der Waals surface area contributed by atoms with Gasteiger partial charge in [-0.3, -0.25) is 14.4 Å². The van der Waals surface area contributed by atoms with Crippen LogP contribution in [0.1, 0.15) is 26.3 Å². The van der Waals surface area contributed by atoms with Gasteiger partial charge in [0, 0.05) is 26.9 Å². The molecule has 0 atom stereocenters. The van der Waals surface area contributed by atoms with E-state index in [0.29, 0.717) is 27.5 Å². The van der Waals surface area contributed by atoms with Crippen LogP contribution < -0.4 is 16.0 Å². The van der Waals surface area contributed by atoms with Gasteiger partial charge in [-0.1, -0.05) is 48.0 Å². The van der Waals surface area contributed by atoms with E-state index in [0.717, 1.165) is 4.90 Å². The molecule has 4 aromatic carbocycles. The number of hydrogen-bond donors (Lipinski definition) is 4. The highest BCUT2D eigenvalue weighted by Gasteiger charge is 2.15. The molecule has 0 heterocycles. The number of amides is 3. The molecule has 0 spiro atoms. The lowest BCUT2D eigenvalue weighted by molar-refractivity contribution is -0.114. The Balaban J connectivity index is 1.42. The fourth-order valence-corrected chi connectivity index (χ4v) is 4.45. The first kappa shape index (κ1) is 29.1. The average molecular weight is 586 g/mol. The maximum Gasteiger partial charge on any atom is 0.335 e. The summed E-state index contributed by atoms with van der Waals surface area (Å²) in [5.74, 6) is -2.20. The monoisotopic (exact) mass is 585 g/mol. The third kappa shape index (κ3) is 8.82. The van der Waals surface area contributed by atoms with Gasteiger partial charge in [0.25, 0.3) is 11.8 Å². The normalized spacial score (nSPS) is 10.9. The minimum Gasteiger partial charge on any atom is -0.478 e. The molecular weight excluding hydrogens is 562 g/mol. The van der Waals surface area contributed by atoms with Crippen LogP contribution in [-0.4, -0.2) is 34.6 Å². The number of carbonyl (C=O) groups excluding carboxylic acids is 3. The summed E-state index contributed by atoms with van der Waals surface area (Å²) in [5.41, 5.74) is 2.19. The third-order valence-corrected chi connectivity index (χ3v) is 6.83. The number of nitrogens with one attached hydrogen (secondary N) is 3. The molecule has 0 fully saturated rings. The van der Waals surface area contributed by atoms with Gasteiger partial charge in [0.15, 0.2) is 0 Å². The van der Waals surface area contributed by atoms with Gasteiger partial charge in [0.2, 0.25) is 5.91 Å². The van der Waals surface area contributed by atoms with Gasteiger partial charge in [0.05, 0.1) is 11.3 Å². The Bertz CT molecular complexity index is 1590. The molecular formula is C31H24ClN3O5S. The summed E-state index contributed by atoms with van der Waals surface area (Å²) in [5, 5.41) is 17.7. The molecule has 0 aliphatic heterocycles. The van der Waals surface area contributed by atoms with Crippen LogP contribution in [0, 0.1) is 0 Å². The van der Waals surface area contributed by atoms with Crippen LogP contribution in [0.5, 0.6) is 0 Å². The molecule has 3 amide bonds. The molecule has 0 unspecified atom stereocenters. The maximum atomic E-state index is 13.3. The van der Waals surface area contributed by atoms with Gasteiger partial charge in [0.1, 0.15) is 5.70 Å². The molecule has 0 radical (unpaired) electrons. The molecule has 0 aliphatic rings. The number of anilines is 2. The number of carboxylic acid groups (broad SMARTS) is 1. The summed E-state index contributed by atoms with van der Waals surface area (Å²) < 4.78 is 0. The highest BCUT2D eigenvalue weighted by molar-refractivity contribution is 8.00. The SMILES string of the molecule is O=C(CSc1cccc(NC(=O)/C(=C/c2ccc(Cl)cc2)NC(=O)c2ccccc2)c1)Nc1ccc(C(=O)O)cc1. The number of benzene rings is 4. The molecule has 10 heteroatoms. The zero-order chi connectivity index (χ0) is 29.2. The first-order chi connectivity index (χ1) is 19.8. The Kier molecular flexibility index (Phi) is 9.93. The topological polar surface area (TPSA) is 125 Å². The molecule has 206 valence electrons. The summed E-state index contributed by atoms with van der Waals surface area (Å²) >= 11 is 7.25. The number of thioether (sulfide) groups is 1. The molecule has 0 saturated heterocycles. The van der Waals surface area contributed by atoms with E-state index < -0.39 is 17.8 Å². The zero-order valence-electron chi connectivity index (χ0n) is 21.5. The smallest absolute Gasteiger partial charge is 0.335 e. The lowest BCUT2D eigenvalue weighted by Gasteiger charge is -2.12. The van der Waals surface area contributed by atoms with Crippen LogP contribution in [0.2, 0.25) is 5.02 Å². The highest BCUT2D eigenvalue weighted by Crippen LogP contribution is 2.23. The minimum absolute atomic E-state index is 0.0347. The van der Waals surface area contributed by atoms with Gasteiger partial charge in [-0.2, -0.15) is 0 Å². The predicted octanol–water partition coefficient (Wildman–Crippen LogP) is 6.18. The van der Waals surface area contributed by atoms with Crippen LogP contribution in [0.25, 0.3) is 6.08 Å². The second-order valence-electron chi connectivity index (χ2n) is 8.63. The fraction of sp³-hybridized carbons (Fsp3) is 0.0323. The van der Waals surface area contributed by atoms with Gasteiger partial charge in [-0.25, -0.2) is 4.79 Å². The molecule has 41 heavy (non-hydrogen) atoms. The van der Waals surface area contributed by atoms with Crippen molar-refractivity contribution in [2.45, 2.75) is 4.90 Å². The van der Waals surface area contributed by atoms with Crippen LogP contribution in [0.4, 0.5) is 11.4 Å².